The molecule has 0 N–H and O–H groups in total. The van der Waals surface area contributed by atoms with Crippen LogP contribution in [0.2, 0.25) is 5.02 Å². The molecule has 2 aliphatic heterocycles. The second-order valence-electron chi connectivity index (χ2n) is 6.18. The molecule has 0 aliphatic carbocycles. The highest BCUT2D eigenvalue weighted by Gasteiger charge is 2.31. The molecule has 0 saturated carbocycles. The molecule has 6 nitrogen and oxygen atoms in total. The van der Waals surface area contributed by atoms with Gasteiger partial charge in [0.05, 0.1) is 4.92 Å². The lowest BCUT2D eigenvalue weighted by Crippen LogP contribution is -2.41. The number of nitrogens with zero attached hydrogens (tertiary/aromatic N) is 3. The van der Waals surface area contributed by atoms with Crippen LogP contribution in [-0.2, 0) is 4.79 Å². The van der Waals surface area contributed by atoms with E-state index in [1.165, 1.54) is 6.07 Å². The van der Waals surface area contributed by atoms with Crippen LogP contribution in [0.1, 0.15) is 25.7 Å². The number of nitro benzene ring substituents is 1. The third kappa shape index (κ3) is 3.42. The lowest BCUT2D eigenvalue weighted by atomic mass is 9.95. The van der Waals surface area contributed by atoms with Gasteiger partial charge < -0.3 is 9.80 Å². The molecule has 2 saturated heterocycles. The van der Waals surface area contributed by atoms with Crippen molar-refractivity contribution < 1.29 is 9.72 Å². The normalized spacial score (nSPS) is 19.2. The highest BCUT2D eigenvalue weighted by atomic mass is 35.5. The van der Waals surface area contributed by atoms with Gasteiger partial charge in [-0.05, 0) is 37.8 Å². The van der Waals surface area contributed by atoms with Crippen LogP contribution < -0.4 is 4.90 Å². The fraction of sp³-hybridized carbons (Fsp3) is 0.562. The van der Waals surface area contributed by atoms with Gasteiger partial charge in [-0.1, -0.05) is 11.6 Å². The molecule has 7 heteroatoms. The van der Waals surface area contributed by atoms with E-state index in [0.29, 0.717) is 23.8 Å². The highest BCUT2D eigenvalue weighted by molar-refractivity contribution is 6.30. The second-order valence-corrected chi connectivity index (χ2v) is 6.62. The zero-order chi connectivity index (χ0) is 16.4. The first-order chi connectivity index (χ1) is 11.1. The van der Waals surface area contributed by atoms with Crippen LogP contribution in [0.5, 0.6) is 0 Å². The Bertz CT molecular complexity index is 609. The summed E-state index contributed by atoms with van der Waals surface area (Å²) in [5, 5.41) is 11.6. The van der Waals surface area contributed by atoms with E-state index in [9.17, 15) is 14.9 Å². The molecule has 0 bridgehead atoms. The molecule has 1 aromatic rings. The Hall–Kier alpha value is -1.82. The van der Waals surface area contributed by atoms with E-state index in [4.69, 9.17) is 11.6 Å². The fourth-order valence-corrected chi connectivity index (χ4v) is 3.64. The number of rotatable bonds is 3. The van der Waals surface area contributed by atoms with Crippen LogP contribution >= 0.6 is 11.6 Å². The van der Waals surface area contributed by atoms with Crippen molar-refractivity contribution in [2.75, 3.05) is 31.1 Å². The van der Waals surface area contributed by atoms with Gasteiger partial charge in [-0.3, -0.25) is 14.9 Å². The van der Waals surface area contributed by atoms with Crippen LogP contribution in [-0.4, -0.2) is 41.9 Å². The molecule has 2 fully saturated rings. The average Bonchev–Trinajstić information content (AvgIpc) is 3.09. The highest BCUT2D eigenvalue weighted by Crippen LogP contribution is 2.34. The molecule has 0 radical (unpaired) electrons. The van der Waals surface area contributed by atoms with Crippen molar-refractivity contribution in [2.45, 2.75) is 25.7 Å². The van der Waals surface area contributed by atoms with Gasteiger partial charge in [-0.2, -0.15) is 0 Å². The molecule has 2 aliphatic rings. The van der Waals surface area contributed by atoms with Crippen molar-refractivity contribution in [3.05, 3.63) is 33.3 Å². The Morgan fingerprint density at radius 3 is 2.43 bits per heavy atom. The summed E-state index contributed by atoms with van der Waals surface area (Å²) in [7, 11) is 0. The summed E-state index contributed by atoms with van der Waals surface area (Å²) in [5.41, 5.74) is 0.619. The largest absolute Gasteiger partial charge is 0.366 e. The Kier molecular flexibility index (Phi) is 4.71. The molecule has 0 unspecified atom stereocenters. The lowest BCUT2D eigenvalue weighted by Gasteiger charge is -2.34. The number of hydrogen-bond donors (Lipinski definition) is 0. The van der Waals surface area contributed by atoms with Crippen molar-refractivity contribution in [1.82, 2.24) is 4.90 Å². The van der Waals surface area contributed by atoms with Gasteiger partial charge in [0, 0.05) is 43.2 Å². The minimum Gasteiger partial charge on any atom is -0.366 e. The summed E-state index contributed by atoms with van der Waals surface area (Å²) < 4.78 is 0. The average molecular weight is 338 g/mol. The number of carbonyl (C=O) groups excluding carboxylic acids is 1. The Labute approximate surface area is 140 Å². The number of benzene rings is 1. The quantitative estimate of drug-likeness (QED) is 0.628. The van der Waals surface area contributed by atoms with E-state index in [0.717, 1.165) is 38.8 Å². The zero-order valence-corrected chi connectivity index (χ0v) is 13.7. The Morgan fingerprint density at radius 1 is 1.17 bits per heavy atom. The minimum atomic E-state index is -0.400. The van der Waals surface area contributed by atoms with E-state index >= 15 is 0 Å². The van der Waals surface area contributed by atoms with Gasteiger partial charge >= 0.3 is 0 Å². The Balaban J connectivity index is 1.67. The number of amides is 1. The monoisotopic (exact) mass is 337 g/mol. The van der Waals surface area contributed by atoms with Gasteiger partial charge in [-0.15, -0.1) is 0 Å². The summed E-state index contributed by atoms with van der Waals surface area (Å²) in [6, 6.07) is 4.76. The van der Waals surface area contributed by atoms with Gasteiger partial charge in [0.25, 0.3) is 5.69 Å². The van der Waals surface area contributed by atoms with Crippen molar-refractivity contribution in [2.24, 2.45) is 5.92 Å². The second kappa shape index (κ2) is 6.74. The molecule has 23 heavy (non-hydrogen) atoms. The molecule has 1 aromatic carbocycles. The van der Waals surface area contributed by atoms with E-state index in [-0.39, 0.29) is 17.5 Å². The topological polar surface area (TPSA) is 66.7 Å². The maximum Gasteiger partial charge on any atom is 0.294 e. The number of hydrogen-bond acceptors (Lipinski definition) is 4. The third-order valence-electron chi connectivity index (χ3n) is 4.74. The number of anilines is 1. The summed E-state index contributed by atoms with van der Waals surface area (Å²) in [4.78, 5) is 27.2. The first-order valence-electron chi connectivity index (χ1n) is 8.04. The van der Waals surface area contributed by atoms with Gasteiger partial charge in [0.15, 0.2) is 0 Å². The zero-order valence-electron chi connectivity index (χ0n) is 12.9. The predicted molar refractivity (Wildman–Crippen MR) is 88.9 cm³/mol. The van der Waals surface area contributed by atoms with E-state index < -0.39 is 4.92 Å². The molecule has 124 valence electrons. The van der Waals surface area contributed by atoms with E-state index in [1.54, 1.807) is 12.1 Å². The third-order valence-corrected chi connectivity index (χ3v) is 4.97. The maximum atomic E-state index is 12.4. The SMILES string of the molecule is O=C(C1CCN(c2ccc(Cl)cc2[N+](=O)[O-])CC1)N1CCCC1. The maximum absolute atomic E-state index is 12.4. The summed E-state index contributed by atoms with van der Waals surface area (Å²) in [6.45, 7) is 3.07. The molecule has 0 aromatic heterocycles. The van der Waals surface area contributed by atoms with Gasteiger partial charge in [0.2, 0.25) is 5.91 Å². The van der Waals surface area contributed by atoms with Crippen LogP contribution in [0.4, 0.5) is 11.4 Å². The fourth-order valence-electron chi connectivity index (χ4n) is 3.47. The number of likely N-dealkylation sites (tertiary alicyclic amines) is 1. The number of halogens is 1. The standard InChI is InChI=1S/C16H20ClN3O3/c17-13-3-4-14(15(11-13)20(22)23)18-9-5-12(6-10-18)16(21)19-7-1-2-8-19/h3-4,11-12H,1-2,5-10H2. The van der Waals surface area contributed by atoms with Gasteiger partial charge in [0.1, 0.15) is 5.69 Å². The van der Waals surface area contributed by atoms with Crippen LogP contribution in [0.15, 0.2) is 18.2 Å². The van der Waals surface area contributed by atoms with E-state index in [1.807, 2.05) is 9.80 Å². The van der Waals surface area contributed by atoms with Crippen molar-refractivity contribution in [3.63, 3.8) is 0 Å². The molecular formula is C16H20ClN3O3. The van der Waals surface area contributed by atoms with Crippen molar-refractivity contribution in [3.8, 4) is 0 Å². The van der Waals surface area contributed by atoms with E-state index in [2.05, 4.69) is 0 Å². The molecule has 2 heterocycles. The van der Waals surface area contributed by atoms with Crippen LogP contribution in [0.3, 0.4) is 0 Å². The Morgan fingerprint density at radius 2 is 1.83 bits per heavy atom. The molecular weight excluding hydrogens is 318 g/mol. The number of piperidine rings is 1. The molecule has 0 spiro atoms. The minimum absolute atomic E-state index is 0.0295. The molecule has 3 rings (SSSR count). The van der Waals surface area contributed by atoms with Gasteiger partial charge in [-0.25, -0.2) is 0 Å². The predicted octanol–water partition coefficient (Wildman–Crippen LogP) is 3.09. The smallest absolute Gasteiger partial charge is 0.294 e. The van der Waals surface area contributed by atoms with Crippen molar-refractivity contribution >= 4 is 28.9 Å². The van der Waals surface area contributed by atoms with Crippen LogP contribution in [0.25, 0.3) is 0 Å². The first kappa shape index (κ1) is 16.1. The summed E-state index contributed by atoms with van der Waals surface area (Å²) >= 11 is 5.86. The molecule has 1 amide bonds. The van der Waals surface area contributed by atoms with Crippen LogP contribution in [0, 0.1) is 16.0 Å². The summed E-state index contributed by atoms with van der Waals surface area (Å²) in [5.74, 6) is 0.309. The van der Waals surface area contributed by atoms with Crippen molar-refractivity contribution in [1.29, 1.82) is 0 Å². The first-order valence-corrected chi connectivity index (χ1v) is 8.42. The number of carbonyl (C=O) groups is 1. The molecule has 0 atom stereocenters. The summed E-state index contributed by atoms with van der Waals surface area (Å²) in [6.07, 6.45) is 3.69. The lowest BCUT2D eigenvalue weighted by molar-refractivity contribution is -0.384. The number of nitro groups is 1.